The van der Waals surface area contributed by atoms with Crippen LogP contribution in [-0.2, 0) is 6.54 Å². The van der Waals surface area contributed by atoms with Crippen molar-refractivity contribution in [3.05, 3.63) is 45.2 Å². The number of rotatable bonds is 3. The number of nitrogen functional groups attached to an aromatic ring is 1. The Morgan fingerprint density at radius 1 is 1.39 bits per heavy atom. The molecule has 1 aromatic heterocycles. The van der Waals surface area contributed by atoms with E-state index in [0.717, 1.165) is 10.5 Å². The molecule has 5 nitrogen and oxygen atoms in total. The first-order valence-corrected chi connectivity index (χ1v) is 6.31. The van der Waals surface area contributed by atoms with E-state index in [1.54, 1.807) is 12.1 Å². The van der Waals surface area contributed by atoms with Crippen LogP contribution in [0.2, 0.25) is 5.02 Å². The lowest BCUT2D eigenvalue weighted by Crippen LogP contribution is -2.09. The monoisotopic (exact) mass is 282 g/mol. The van der Waals surface area contributed by atoms with Crippen molar-refractivity contribution < 1.29 is 0 Å². The van der Waals surface area contributed by atoms with E-state index in [0.29, 0.717) is 16.7 Å². The first-order chi connectivity index (χ1) is 8.58. The maximum Gasteiger partial charge on any atom is 0.253 e. The van der Waals surface area contributed by atoms with Gasteiger partial charge < -0.3 is 16.5 Å². The molecule has 5 N–H and O–H groups in total. The zero-order chi connectivity index (χ0) is 13.1. The van der Waals surface area contributed by atoms with Crippen molar-refractivity contribution in [2.75, 3.05) is 5.73 Å². The normalized spacial score (nSPS) is 10.6. The van der Waals surface area contributed by atoms with Crippen molar-refractivity contribution in [3.8, 4) is 0 Å². The van der Waals surface area contributed by atoms with Gasteiger partial charge in [0.05, 0.1) is 0 Å². The van der Waals surface area contributed by atoms with Crippen LogP contribution in [-0.4, -0.2) is 9.97 Å². The third-order valence-electron chi connectivity index (χ3n) is 2.20. The van der Waals surface area contributed by atoms with Gasteiger partial charge in [0.15, 0.2) is 5.16 Å². The molecule has 0 saturated heterocycles. The van der Waals surface area contributed by atoms with E-state index in [1.807, 2.05) is 6.07 Å². The fourth-order valence-electron chi connectivity index (χ4n) is 1.40. The Balaban J connectivity index is 2.38. The first kappa shape index (κ1) is 12.9. The molecule has 1 heterocycles. The van der Waals surface area contributed by atoms with Crippen LogP contribution in [0.25, 0.3) is 0 Å². The first-order valence-electron chi connectivity index (χ1n) is 5.11. The van der Waals surface area contributed by atoms with Crippen molar-refractivity contribution in [2.24, 2.45) is 5.73 Å². The highest BCUT2D eigenvalue weighted by molar-refractivity contribution is 7.99. The second-order valence-electron chi connectivity index (χ2n) is 3.53. The van der Waals surface area contributed by atoms with Crippen LogP contribution in [0.4, 0.5) is 5.82 Å². The molecule has 0 saturated carbocycles. The van der Waals surface area contributed by atoms with Gasteiger partial charge in [0.25, 0.3) is 5.56 Å². The maximum atomic E-state index is 11.3. The van der Waals surface area contributed by atoms with Gasteiger partial charge >= 0.3 is 0 Å². The lowest BCUT2D eigenvalue weighted by Gasteiger charge is -2.07. The van der Waals surface area contributed by atoms with Crippen LogP contribution in [0, 0.1) is 0 Å². The number of halogens is 1. The summed E-state index contributed by atoms with van der Waals surface area (Å²) >= 11 is 7.20. The highest BCUT2D eigenvalue weighted by atomic mass is 35.5. The number of anilines is 1. The molecule has 0 aliphatic rings. The number of H-pyrrole nitrogens is 1. The summed E-state index contributed by atoms with van der Waals surface area (Å²) in [6, 6.07) is 6.61. The zero-order valence-electron chi connectivity index (χ0n) is 9.31. The van der Waals surface area contributed by atoms with Crippen molar-refractivity contribution >= 4 is 29.2 Å². The molecule has 0 radical (unpaired) electrons. The molecule has 1 aromatic carbocycles. The highest BCUT2D eigenvalue weighted by Gasteiger charge is 2.07. The number of hydrogen-bond acceptors (Lipinski definition) is 5. The van der Waals surface area contributed by atoms with E-state index >= 15 is 0 Å². The Hall–Kier alpha value is -1.50. The van der Waals surface area contributed by atoms with E-state index in [1.165, 1.54) is 17.8 Å². The molecule has 0 unspecified atom stereocenters. The number of aromatic nitrogens is 2. The number of aromatic amines is 1. The minimum Gasteiger partial charge on any atom is -0.383 e. The molecule has 0 aliphatic heterocycles. The number of nitrogens with two attached hydrogens (primary N) is 2. The Morgan fingerprint density at radius 2 is 2.17 bits per heavy atom. The van der Waals surface area contributed by atoms with Crippen LogP contribution in [0.1, 0.15) is 5.56 Å². The summed E-state index contributed by atoms with van der Waals surface area (Å²) in [6.07, 6.45) is 0. The molecule has 0 bridgehead atoms. The number of hydrogen-bond donors (Lipinski definition) is 3. The SMILES string of the molecule is NCc1ccc(Cl)cc1Sc1nc(N)cc(=O)[nH]1. The molecule has 7 heteroatoms. The van der Waals surface area contributed by atoms with Gasteiger partial charge in [-0.1, -0.05) is 29.4 Å². The minimum absolute atomic E-state index is 0.178. The van der Waals surface area contributed by atoms with Crippen LogP contribution in [0.15, 0.2) is 39.1 Å². The molecule has 0 fully saturated rings. The zero-order valence-corrected chi connectivity index (χ0v) is 10.9. The maximum absolute atomic E-state index is 11.3. The second-order valence-corrected chi connectivity index (χ2v) is 5.00. The van der Waals surface area contributed by atoms with Crippen molar-refractivity contribution in [1.82, 2.24) is 9.97 Å². The molecular formula is C11H11ClN4OS. The summed E-state index contributed by atoms with van der Waals surface area (Å²) in [5.74, 6) is 0.178. The summed E-state index contributed by atoms with van der Waals surface area (Å²) < 4.78 is 0. The molecular weight excluding hydrogens is 272 g/mol. The largest absolute Gasteiger partial charge is 0.383 e. The second kappa shape index (κ2) is 5.43. The average Bonchev–Trinajstić information content (AvgIpc) is 2.27. The number of nitrogens with one attached hydrogen (secondary N) is 1. The van der Waals surface area contributed by atoms with Gasteiger partial charge in [-0.25, -0.2) is 4.98 Å². The standard InChI is InChI=1S/C11H11ClN4OS/c12-7-2-1-6(5-13)8(3-7)18-11-15-9(14)4-10(17)16-11/h1-4H,5,13H2,(H3,14,15,16,17). The van der Waals surface area contributed by atoms with Crippen molar-refractivity contribution in [2.45, 2.75) is 16.6 Å². The quantitative estimate of drug-likeness (QED) is 0.743. The van der Waals surface area contributed by atoms with Gasteiger partial charge in [-0.15, -0.1) is 0 Å². The van der Waals surface area contributed by atoms with E-state index in [-0.39, 0.29) is 11.4 Å². The van der Waals surface area contributed by atoms with E-state index < -0.39 is 0 Å². The molecule has 94 valence electrons. The van der Waals surface area contributed by atoms with E-state index in [4.69, 9.17) is 23.1 Å². The fraction of sp³-hybridized carbons (Fsp3) is 0.0909. The third kappa shape index (κ3) is 3.04. The van der Waals surface area contributed by atoms with Crippen molar-refractivity contribution in [1.29, 1.82) is 0 Å². The fourth-order valence-corrected chi connectivity index (χ4v) is 2.61. The number of benzene rings is 1. The molecule has 0 amide bonds. The summed E-state index contributed by atoms with van der Waals surface area (Å²) in [5.41, 5.74) is 11.8. The summed E-state index contributed by atoms with van der Waals surface area (Å²) in [6.45, 7) is 0.381. The van der Waals surface area contributed by atoms with Gasteiger partial charge in [0.1, 0.15) is 5.82 Å². The van der Waals surface area contributed by atoms with Gasteiger partial charge in [0, 0.05) is 22.5 Å². The Bertz CT molecular complexity index is 629. The smallest absolute Gasteiger partial charge is 0.253 e. The Labute approximate surface area is 113 Å². The summed E-state index contributed by atoms with van der Waals surface area (Å²) in [7, 11) is 0. The van der Waals surface area contributed by atoms with Crippen LogP contribution >= 0.6 is 23.4 Å². The lowest BCUT2D eigenvalue weighted by atomic mass is 10.2. The molecule has 0 aliphatic carbocycles. The van der Waals surface area contributed by atoms with Gasteiger partial charge in [0.2, 0.25) is 0 Å². The van der Waals surface area contributed by atoms with Crippen LogP contribution in [0.5, 0.6) is 0 Å². The summed E-state index contributed by atoms with van der Waals surface area (Å²) in [4.78, 5) is 18.8. The van der Waals surface area contributed by atoms with E-state index in [2.05, 4.69) is 9.97 Å². The molecule has 2 rings (SSSR count). The van der Waals surface area contributed by atoms with Crippen molar-refractivity contribution in [3.63, 3.8) is 0 Å². The molecule has 18 heavy (non-hydrogen) atoms. The lowest BCUT2D eigenvalue weighted by molar-refractivity contribution is 0.941. The topological polar surface area (TPSA) is 97.8 Å². The third-order valence-corrected chi connectivity index (χ3v) is 3.42. The Morgan fingerprint density at radius 3 is 2.83 bits per heavy atom. The molecule has 0 atom stereocenters. The minimum atomic E-state index is -0.290. The van der Waals surface area contributed by atoms with Gasteiger partial charge in [-0.3, -0.25) is 4.79 Å². The average molecular weight is 283 g/mol. The predicted molar refractivity (Wildman–Crippen MR) is 72.7 cm³/mol. The van der Waals surface area contributed by atoms with Gasteiger partial charge in [-0.05, 0) is 17.7 Å². The van der Waals surface area contributed by atoms with Crippen LogP contribution in [0.3, 0.4) is 0 Å². The van der Waals surface area contributed by atoms with Crippen LogP contribution < -0.4 is 17.0 Å². The van der Waals surface area contributed by atoms with Gasteiger partial charge in [-0.2, -0.15) is 0 Å². The predicted octanol–water partition coefficient (Wildman–Crippen LogP) is 1.62. The summed E-state index contributed by atoms with van der Waals surface area (Å²) in [5, 5.41) is 1.01. The Kier molecular flexibility index (Phi) is 3.90. The molecule has 2 aromatic rings. The highest BCUT2D eigenvalue weighted by Crippen LogP contribution is 2.30. The number of nitrogens with zero attached hydrogens (tertiary/aromatic N) is 1. The van der Waals surface area contributed by atoms with E-state index in [9.17, 15) is 4.79 Å². The molecule has 0 spiro atoms.